The van der Waals surface area contributed by atoms with Gasteiger partial charge < -0.3 is 15.4 Å². The van der Waals surface area contributed by atoms with Gasteiger partial charge in [0.05, 0.1) is 10.0 Å². The molecular formula is C13H18Cl2N2O2. The van der Waals surface area contributed by atoms with Crippen LogP contribution in [0, 0.1) is 0 Å². The lowest BCUT2D eigenvalue weighted by Crippen LogP contribution is -2.39. The first-order valence-electron chi connectivity index (χ1n) is 6.14. The number of amides is 1. The maximum atomic E-state index is 11.7. The first-order chi connectivity index (χ1) is 9.04. The van der Waals surface area contributed by atoms with Crippen LogP contribution in [0.1, 0.15) is 13.8 Å². The molecule has 1 atom stereocenters. The summed E-state index contributed by atoms with van der Waals surface area (Å²) in [5, 5.41) is 6.75. The van der Waals surface area contributed by atoms with E-state index in [0.29, 0.717) is 22.3 Å². The Morgan fingerprint density at radius 3 is 2.68 bits per heavy atom. The van der Waals surface area contributed by atoms with Crippen LogP contribution in [-0.2, 0) is 4.79 Å². The summed E-state index contributed by atoms with van der Waals surface area (Å²) in [6.07, 6.45) is -0.584. The van der Waals surface area contributed by atoms with E-state index in [-0.39, 0.29) is 5.91 Å². The number of carbonyl (C=O) groups is 1. The molecule has 2 N–H and O–H groups in total. The number of rotatable bonds is 7. The fraction of sp³-hybridized carbons (Fsp3) is 0.462. The van der Waals surface area contributed by atoms with Crippen molar-refractivity contribution in [2.24, 2.45) is 0 Å². The van der Waals surface area contributed by atoms with E-state index in [9.17, 15) is 4.79 Å². The molecule has 1 rings (SSSR count). The molecule has 19 heavy (non-hydrogen) atoms. The van der Waals surface area contributed by atoms with Gasteiger partial charge in [0.25, 0.3) is 5.91 Å². The quantitative estimate of drug-likeness (QED) is 0.761. The first kappa shape index (κ1) is 16.1. The Labute approximate surface area is 123 Å². The molecule has 0 spiro atoms. The standard InChI is InChI=1S/C13H18Cl2N2O2/c1-3-16-6-7-17-13(18)9(2)19-10-4-5-11(14)12(15)8-10/h4-5,8-9,16H,3,6-7H2,1-2H3,(H,17,18). The molecule has 1 unspecified atom stereocenters. The predicted octanol–water partition coefficient (Wildman–Crippen LogP) is 2.49. The third kappa shape index (κ3) is 5.68. The van der Waals surface area contributed by atoms with Crippen molar-refractivity contribution in [1.29, 1.82) is 0 Å². The molecule has 0 aliphatic carbocycles. The van der Waals surface area contributed by atoms with Crippen molar-refractivity contribution in [2.75, 3.05) is 19.6 Å². The van der Waals surface area contributed by atoms with Gasteiger partial charge in [-0.3, -0.25) is 4.79 Å². The van der Waals surface area contributed by atoms with Gasteiger partial charge in [0.1, 0.15) is 5.75 Å². The smallest absolute Gasteiger partial charge is 0.260 e. The third-order valence-electron chi connectivity index (χ3n) is 2.42. The van der Waals surface area contributed by atoms with Gasteiger partial charge in [0.2, 0.25) is 0 Å². The molecule has 0 radical (unpaired) electrons. The van der Waals surface area contributed by atoms with Crippen molar-refractivity contribution in [3.05, 3.63) is 28.2 Å². The fourth-order valence-corrected chi connectivity index (χ4v) is 1.69. The lowest BCUT2D eigenvalue weighted by molar-refractivity contribution is -0.127. The van der Waals surface area contributed by atoms with Crippen LogP contribution < -0.4 is 15.4 Å². The second-order valence-electron chi connectivity index (χ2n) is 3.98. The van der Waals surface area contributed by atoms with Gasteiger partial charge in [-0.2, -0.15) is 0 Å². The Morgan fingerprint density at radius 1 is 1.32 bits per heavy atom. The van der Waals surface area contributed by atoms with Gasteiger partial charge in [-0.15, -0.1) is 0 Å². The SMILES string of the molecule is CCNCCNC(=O)C(C)Oc1ccc(Cl)c(Cl)c1. The van der Waals surface area contributed by atoms with Crippen molar-refractivity contribution >= 4 is 29.1 Å². The summed E-state index contributed by atoms with van der Waals surface area (Å²) in [6, 6.07) is 4.90. The molecule has 1 amide bonds. The molecule has 4 nitrogen and oxygen atoms in total. The van der Waals surface area contributed by atoms with E-state index in [0.717, 1.165) is 13.1 Å². The number of hydrogen-bond acceptors (Lipinski definition) is 3. The molecule has 1 aromatic rings. The second kappa shape index (κ2) is 8.25. The summed E-state index contributed by atoms with van der Waals surface area (Å²) in [4.78, 5) is 11.7. The second-order valence-corrected chi connectivity index (χ2v) is 4.79. The van der Waals surface area contributed by atoms with E-state index in [1.807, 2.05) is 6.92 Å². The van der Waals surface area contributed by atoms with Crippen LogP contribution >= 0.6 is 23.2 Å². The minimum absolute atomic E-state index is 0.163. The Kier molecular flexibility index (Phi) is 6.99. The molecule has 0 bridgehead atoms. The van der Waals surface area contributed by atoms with E-state index in [1.165, 1.54) is 0 Å². The van der Waals surface area contributed by atoms with Crippen LogP contribution in [0.15, 0.2) is 18.2 Å². The molecule has 0 saturated carbocycles. The van der Waals surface area contributed by atoms with Crippen LogP contribution in [0.3, 0.4) is 0 Å². The number of carbonyl (C=O) groups excluding carboxylic acids is 1. The number of ether oxygens (including phenoxy) is 1. The molecule has 106 valence electrons. The van der Waals surface area contributed by atoms with E-state index in [2.05, 4.69) is 10.6 Å². The van der Waals surface area contributed by atoms with Crippen molar-refractivity contribution in [2.45, 2.75) is 20.0 Å². The van der Waals surface area contributed by atoms with Crippen LogP contribution in [0.2, 0.25) is 10.0 Å². The normalized spacial score (nSPS) is 12.0. The van der Waals surface area contributed by atoms with Crippen LogP contribution in [0.25, 0.3) is 0 Å². The summed E-state index contributed by atoms with van der Waals surface area (Å²) >= 11 is 11.7. The van der Waals surface area contributed by atoms with E-state index in [4.69, 9.17) is 27.9 Å². The maximum absolute atomic E-state index is 11.7. The number of likely N-dealkylation sites (N-methyl/N-ethyl adjacent to an activating group) is 1. The highest BCUT2D eigenvalue weighted by Gasteiger charge is 2.14. The van der Waals surface area contributed by atoms with E-state index < -0.39 is 6.10 Å². The highest BCUT2D eigenvalue weighted by Crippen LogP contribution is 2.26. The van der Waals surface area contributed by atoms with Gasteiger partial charge in [0.15, 0.2) is 6.10 Å². The van der Waals surface area contributed by atoms with Crippen molar-refractivity contribution in [1.82, 2.24) is 10.6 Å². The Morgan fingerprint density at radius 2 is 2.05 bits per heavy atom. The zero-order chi connectivity index (χ0) is 14.3. The van der Waals surface area contributed by atoms with Crippen LogP contribution in [-0.4, -0.2) is 31.6 Å². The van der Waals surface area contributed by atoms with Crippen LogP contribution in [0.4, 0.5) is 0 Å². The topological polar surface area (TPSA) is 50.4 Å². The lowest BCUT2D eigenvalue weighted by Gasteiger charge is -2.15. The molecule has 0 heterocycles. The van der Waals surface area contributed by atoms with Gasteiger partial charge in [-0.1, -0.05) is 30.1 Å². The number of hydrogen-bond donors (Lipinski definition) is 2. The third-order valence-corrected chi connectivity index (χ3v) is 3.16. The molecule has 0 aliphatic heterocycles. The Balaban J connectivity index is 2.42. The Bertz CT molecular complexity index is 427. The summed E-state index contributed by atoms with van der Waals surface area (Å²) < 4.78 is 5.49. The minimum atomic E-state index is -0.584. The first-order valence-corrected chi connectivity index (χ1v) is 6.90. The minimum Gasteiger partial charge on any atom is -0.481 e. The lowest BCUT2D eigenvalue weighted by atomic mass is 10.3. The fourth-order valence-electron chi connectivity index (χ4n) is 1.40. The van der Waals surface area contributed by atoms with E-state index in [1.54, 1.807) is 25.1 Å². The Hall–Kier alpha value is -0.970. The maximum Gasteiger partial charge on any atom is 0.260 e. The highest BCUT2D eigenvalue weighted by molar-refractivity contribution is 6.42. The van der Waals surface area contributed by atoms with Crippen molar-refractivity contribution in [3.63, 3.8) is 0 Å². The zero-order valence-corrected chi connectivity index (χ0v) is 12.5. The van der Waals surface area contributed by atoms with Gasteiger partial charge in [0, 0.05) is 19.2 Å². The monoisotopic (exact) mass is 304 g/mol. The molecule has 0 aromatic heterocycles. The molecule has 6 heteroatoms. The summed E-state index contributed by atoms with van der Waals surface area (Å²) in [6.45, 7) is 5.89. The zero-order valence-electron chi connectivity index (χ0n) is 11.0. The van der Waals surface area contributed by atoms with Gasteiger partial charge in [-0.25, -0.2) is 0 Å². The van der Waals surface area contributed by atoms with Gasteiger partial charge in [-0.05, 0) is 25.6 Å². The van der Waals surface area contributed by atoms with Crippen LogP contribution in [0.5, 0.6) is 5.75 Å². The highest BCUT2D eigenvalue weighted by atomic mass is 35.5. The average Bonchev–Trinajstić information content (AvgIpc) is 2.38. The van der Waals surface area contributed by atoms with Crippen molar-refractivity contribution < 1.29 is 9.53 Å². The summed E-state index contributed by atoms with van der Waals surface area (Å²) in [5.74, 6) is 0.354. The summed E-state index contributed by atoms with van der Waals surface area (Å²) in [5.41, 5.74) is 0. The predicted molar refractivity (Wildman–Crippen MR) is 78.1 cm³/mol. The molecule has 0 saturated heterocycles. The summed E-state index contributed by atoms with van der Waals surface area (Å²) in [7, 11) is 0. The number of benzene rings is 1. The molecule has 0 aliphatic rings. The van der Waals surface area contributed by atoms with Gasteiger partial charge >= 0.3 is 0 Å². The van der Waals surface area contributed by atoms with E-state index >= 15 is 0 Å². The molecule has 1 aromatic carbocycles. The largest absolute Gasteiger partial charge is 0.481 e. The number of nitrogens with one attached hydrogen (secondary N) is 2. The number of halogens is 2. The molecular weight excluding hydrogens is 287 g/mol. The van der Waals surface area contributed by atoms with Crippen molar-refractivity contribution in [3.8, 4) is 5.75 Å². The average molecular weight is 305 g/mol. The molecule has 0 fully saturated rings.